The van der Waals surface area contributed by atoms with Crippen LogP contribution in [0.2, 0.25) is 0 Å². The second-order valence-corrected chi connectivity index (χ2v) is 12.6. The Kier molecular flexibility index (Phi) is 10.6. The Balaban J connectivity index is 1.28. The number of carbonyl (C=O) groups is 4. The van der Waals surface area contributed by atoms with E-state index in [1.165, 1.54) is 9.91 Å². The fourth-order valence-corrected chi connectivity index (χ4v) is 6.70. The highest BCUT2D eigenvalue weighted by molar-refractivity contribution is 5.94. The topological polar surface area (TPSA) is 135 Å². The van der Waals surface area contributed by atoms with E-state index in [1.807, 2.05) is 36.4 Å². The summed E-state index contributed by atoms with van der Waals surface area (Å²) in [6.45, 7) is 5.61. The Hall–Kier alpha value is -5.20. The predicted octanol–water partition coefficient (Wildman–Crippen LogP) is 3.04. The molecule has 3 saturated heterocycles. The molecule has 3 N–H and O–H groups in total. The van der Waals surface area contributed by atoms with Gasteiger partial charge in [-0.3, -0.25) is 14.4 Å². The highest BCUT2D eigenvalue weighted by Gasteiger charge is 2.51. The number of ether oxygens (including phenoxy) is 1. The minimum Gasteiger partial charge on any atom is -0.508 e. The highest BCUT2D eigenvalue weighted by atomic mass is 16.5. The zero-order valence-electron chi connectivity index (χ0n) is 27.4. The average Bonchev–Trinajstić information content (AvgIpc) is 3.63. The molecule has 0 spiro atoms. The van der Waals surface area contributed by atoms with Gasteiger partial charge in [0.15, 0.2) is 0 Å². The van der Waals surface area contributed by atoms with Gasteiger partial charge in [0.2, 0.25) is 11.8 Å². The Morgan fingerprint density at radius 1 is 0.959 bits per heavy atom. The van der Waals surface area contributed by atoms with Gasteiger partial charge in [0.05, 0.1) is 19.2 Å². The van der Waals surface area contributed by atoms with E-state index < -0.39 is 18.2 Å². The molecule has 3 atom stereocenters. The summed E-state index contributed by atoms with van der Waals surface area (Å²) in [5, 5.41) is 19.0. The van der Waals surface area contributed by atoms with Crippen molar-refractivity contribution in [2.75, 3.05) is 32.8 Å². The van der Waals surface area contributed by atoms with Crippen molar-refractivity contribution in [3.8, 4) is 5.75 Å². The van der Waals surface area contributed by atoms with E-state index >= 15 is 0 Å². The van der Waals surface area contributed by atoms with Gasteiger partial charge in [0, 0.05) is 44.8 Å². The van der Waals surface area contributed by atoms with Crippen LogP contribution in [0.4, 0.5) is 4.79 Å². The van der Waals surface area contributed by atoms with Crippen molar-refractivity contribution in [2.45, 2.75) is 50.7 Å². The van der Waals surface area contributed by atoms with Crippen LogP contribution in [0, 0.1) is 0 Å². The molecule has 0 aliphatic carbocycles. The van der Waals surface area contributed by atoms with Crippen LogP contribution in [0.1, 0.15) is 39.9 Å². The van der Waals surface area contributed by atoms with Gasteiger partial charge in [-0.2, -0.15) is 0 Å². The van der Waals surface area contributed by atoms with Gasteiger partial charge >= 0.3 is 6.03 Å². The number of nitrogens with zero attached hydrogens (tertiary/aromatic N) is 4. The fraction of sp³-hybridized carbons (Fsp3) is 0.351. The lowest BCUT2D eigenvalue weighted by atomic mass is 9.98. The first-order valence-corrected chi connectivity index (χ1v) is 16.6. The number of rotatable bonds is 11. The van der Waals surface area contributed by atoms with Crippen LogP contribution >= 0.6 is 0 Å². The van der Waals surface area contributed by atoms with Crippen LogP contribution in [0.15, 0.2) is 91.5 Å². The Labute approximate surface area is 285 Å². The molecule has 1 unspecified atom stereocenters. The van der Waals surface area contributed by atoms with E-state index in [1.54, 1.807) is 58.4 Å². The number of urea groups is 1. The number of benzene rings is 3. The number of hydrogen-bond acceptors (Lipinski definition) is 7. The molecule has 0 bridgehead atoms. The van der Waals surface area contributed by atoms with E-state index in [0.29, 0.717) is 18.7 Å². The number of hydrogen-bond donors (Lipinski definition) is 3. The van der Waals surface area contributed by atoms with Gasteiger partial charge in [0.1, 0.15) is 18.0 Å². The molecule has 49 heavy (non-hydrogen) atoms. The maximum absolute atomic E-state index is 14.3. The monoisotopic (exact) mass is 666 g/mol. The minimum atomic E-state index is -0.913. The Bertz CT molecular complexity index is 1660. The number of aromatic hydroxyl groups is 1. The molecule has 0 aromatic heterocycles. The van der Waals surface area contributed by atoms with Crippen molar-refractivity contribution in [3.63, 3.8) is 0 Å². The van der Waals surface area contributed by atoms with Crippen molar-refractivity contribution in [1.82, 2.24) is 30.5 Å². The molecule has 3 fully saturated rings. The maximum atomic E-state index is 14.3. The molecule has 3 aromatic carbocycles. The third-order valence-corrected chi connectivity index (χ3v) is 9.11. The van der Waals surface area contributed by atoms with Gasteiger partial charge in [-0.1, -0.05) is 60.7 Å². The summed E-state index contributed by atoms with van der Waals surface area (Å²) >= 11 is 0. The van der Waals surface area contributed by atoms with Crippen LogP contribution < -0.4 is 10.6 Å². The Morgan fingerprint density at radius 2 is 1.73 bits per heavy atom. The molecular weight excluding hydrogens is 624 g/mol. The summed E-state index contributed by atoms with van der Waals surface area (Å²) in [4.78, 5) is 58.3. The third kappa shape index (κ3) is 7.93. The number of piperazine rings is 1. The molecule has 256 valence electrons. The summed E-state index contributed by atoms with van der Waals surface area (Å²) in [5.41, 5.74) is 2.87. The SMILES string of the molecule is C=CCN1CC(=O)N2[C@@H](Cc3ccc(O)cc3)C(=O)N(Cc3cccc(C(=O)NCC4CCCO4)c3)C[C@@H]2N1C(=O)NCc1ccccc1. The summed E-state index contributed by atoms with van der Waals surface area (Å²) in [6, 6.07) is 21.9. The lowest BCUT2D eigenvalue weighted by molar-refractivity contribution is -0.189. The van der Waals surface area contributed by atoms with Crippen molar-refractivity contribution >= 4 is 23.8 Å². The molecule has 12 nitrogen and oxygen atoms in total. The average molecular weight is 667 g/mol. The van der Waals surface area contributed by atoms with Gasteiger partial charge in [0.25, 0.3) is 5.91 Å². The van der Waals surface area contributed by atoms with Gasteiger partial charge in [-0.25, -0.2) is 14.8 Å². The molecule has 3 aliphatic heterocycles. The summed E-state index contributed by atoms with van der Waals surface area (Å²) < 4.78 is 5.63. The second-order valence-electron chi connectivity index (χ2n) is 12.6. The zero-order chi connectivity index (χ0) is 34.3. The highest BCUT2D eigenvalue weighted by Crippen LogP contribution is 2.30. The fourth-order valence-electron chi connectivity index (χ4n) is 6.70. The van der Waals surface area contributed by atoms with Crippen LogP contribution in [-0.2, 0) is 33.8 Å². The van der Waals surface area contributed by atoms with Gasteiger partial charge < -0.3 is 30.3 Å². The zero-order valence-corrected chi connectivity index (χ0v) is 27.4. The molecule has 0 radical (unpaired) electrons. The van der Waals surface area contributed by atoms with E-state index in [4.69, 9.17) is 4.74 Å². The molecule has 3 aromatic rings. The summed E-state index contributed by atoms with van der Waals surface area (Å²) in [5.74, 6) is -0.681. The minimum absolute atomic E-state index is 0.0123. The molecule has 12 heteroatoms. The number of phenolic OH excluding ortho intramolecular Hbond substituents is 1. The van der Waals surface area contributed by atoms with Crippen molar-refractivity contribution in [2.24, 2.45) is 0 Å². The summed E-state index contributed by atoms with van der Waals surface area (Å²) in [6.07, 6.45) is 2.91. The van der Waals surface area contributed by atoms with E-state index in [2.05, 4.69) is 17.2 Å². The van der Waals surface area contributed by atoms with Crippen LogP contribution in [-0.4, -0.2) is 99.8 Å². The van der Waals surface area contributed by atoms with Crippen molar-refractivity contribution in [1.29, 1.82) is 0 Å². The quantitative estimate of drug-likeness (QED) is 0.268. The molecule has 0 saturated carbocycles. The number of nitrogens with one attached hydrogen (secondary N) is 2. The first-order valence-electron chi connectivity index (χ1n) is 16.6. The molecule has 5 amide bonds. The normalized spacial score (nSPS) is 21.0. The number of carbonyl (C=O) groups excluding carboxylic acids is 4. The molecule has 6 rings (SSSR count). The largest absolute Gasteiger partial charge is 0.508 e. The lowest BCUT2D eigenvalue weighted by Gasteiger charge is -2.55. The van der Waals surface area contributed by atoms with E-state index in [-0.39, 0.29) is 68.7 Å². The third-order valence-electron chi connectivity index (χ3n) is 9.11. The van der Waals surface area contributed by atoms with Gasteiger partial charge in [-0.15, -0.1) is 6.58 Å². The summed E-state index contributed by atoms with van der Waals surface area (Å²) in [7, 11) is 0. The van der Waals surface area contributed by atoms with Crippen LogP contribution in [0.5, 0.6) is 5.75 Å². The number of phenols is 1. The first kappa shape index (κ1) is 33.7. The number of hydrazine groups is 1. The lowest BCUT2D eigenvalue weighted by Crippen LogP contribution is -2.76. The standard InChI is InChI=1S/C37H42N6O6/c1-2-17-41-25-34(45)42-32(20-26-13-15-30(44)16-14-26)36(47)40(24-33(42)43(41)37(48)39-21-27-8-4-3-5-9-27)23-28-10-6-11-29(19-28)35(46)38-22-31-12-7-18-49-31/h2-6,8-11,13-16,19,31-33,44H,1,7,12,17-18,20-25H2,(H,38,46)(H,39,48)/t31?,32-,33-/m0/s1. The first-order chi connectivity index (χ1) is 23.8. The maximum Gasteiger partial charge on any atom is 0.334 e. The van der Waals surface area contributed by atoms with E-state index in [9.17, 15) is 24.3 Å². The molecular formula is C37H42N6O6. The predicted molar refractivity (Wildman–Crippen MR) is 182 cm³/mol. The van der Waals surface area contributed by atoms with Crippen molar-refractivity contribution < 1.29 is 29.0 Å². The smallest absolute Gasteiger partial charge is 0.334 e. The molecule has 3 heterocycles. The Morgan fingerprint density at radius 3 is 2.47 bits per heavy atom. The second kappa shape index (κ2) is 15.3. The number of amides is 5. The van der Waals surface area contributed by atoms with Crippen LogP contribution in [0.25, 0.3) is 0 Å². The van der Waals surface area contributed by atoms with Crippen LogP contribution in [0.3, 0.4) is 0 Å². The molecule has 3 aliphatic rings. The number of fused-ring (bicyclic) bond motifs is 1. The van der Waals surface area contributed by atoms with Gasteiger partial charge in [-0.05, 0) is 53.8 Å². The van der Waals surface area contributed by atoms with Crippen molar-refractivity contribution in [3.05, 3.63) is 114 Å². The van der Waals surface area contributed by atoms with E-state index in [0.717, 1.165) is 29.5 Å².